The molecule has 0 aromatic carbocycles. The van der Waals surface area contributed by atoms with Crippen molar-refractivity contribution in [3.63, 3.8) is 0 Å². The molecule has 2 heterocycles. The predicted molar refractivity (Wildman–Crippen MR) is 49.6 cm³/mol. The van der Waals surface area contributed by atoms with E-state index in [1.54, 1.807) is 4.90 Å². The van der Waals surface area contributed by atoms with Crippen LogP contribution < -0.4 is 5.32 Å². The molecule has 2 rings (SSSR count). The lowest BCUT2D eigenvalue weighted by Crippen LogP contribution is -2.43. The van der Waals surface area contributed by atoms with Gasteiger partial charge in [0.25, 0.3) is 0 Å². The molecule has 0 radical (unpaired) electrons. The topological polar surface area (TPSA) is 72.8 Å². The summed E-state index contributed by atoms with van der Waals surface area (Å²) in [5.41, 5.74) is 0. The second-order valence-electron chi connectivity index (χ2n) is 4.03. The predicted octanol–water partition coefficient (Wildman–Crippen LogP) is -1.70. The van der Waals surface area contributed by atoms with Gasteiger partial charge in [0.2, 0.25) is 5.91 Å². The number of hydrogen-bond donors (Lipinski definition) is 3. The molecule has 5 nitrogen and oxygen atoms in total. The molecule has 2 fully saturated rings. The molecule has 0 aromatic rings. The van der Waals surface area contributed by atoms with Gasteiger partial charge in [0, 0.05) is 13.1 Å². The number of rotatable bonds is 1. The lowest BCUT2D eigenvalue weighted by molar-refractivity contribution is -0.132. The molecule has 0 saturated carbocycles. The second kappa shape index (κ2) is 3.84. The highest BCUT2D eigenvalue weighted by Crippen LogP contribution is 2.14. The van der Waals surface area contributed by atoms with Crippen molar-refractivity contribution in [3.8, 4) is 0 Å². The average molecular weight is 200 g/mol. The van der Waals surface area contributed by atoms with E-state index >= 15 is 0 Å². The summed E-state index contributed by atoms with van der Waals surface area (Å²) in [6.07, 6.45) is 0.331. The summed E-state index contributed by atoms with van der Waals surface area (Å²) in [5.74, 6) is 0.0121. The van der Waals surface area contributed by atoms with Crippen molar-refractivity contribution >= 4 is 5.91 Å². The van der Waals surface area contributed by atoms with E-state index in [-0.39, 0.29) is 25.0 Å². The molecule has 0 bridgehead atoms. The number of amides is 1. The summed E-state index contributed by atoms with van der Waals surface area (Å²) < 4.78 is 0. The highest BCUT2D eigenvalue weighted by atomic mass is 16.3. The van der Waals surface area contributed by atoms with E-state index in [1.807, 2.05) is 0 Å². The van der Waals surface area contributed by atoms with Crippen molar-refractivity contribution in [1.29, 1.82) is 0 Å². The van der Waals surface area contributed by atoms with Gasteiger partial charge in [-0.2, -0.15) is 0 Å². The Balaban J connectivity index is 1.92. The van der Waals surface area contributed by atoms with Crippen LogP contribution in [0.2, 0.25) is 0 Å². The van der Waals surface area contributed by atoms with Crippen molar-refractivity contribution in [2.75, 3.05) is 19.6 Å². The second-order valence-corrected chi connectivity index (χ2v) is 4.03. The molecule has 1 amide bonds. The van der Waals surface area contributed by atoms with Gasteiger partial charge in [-0.25, -0.2) is 0 Å². The molecule has 0 aromatic heterocycles. The zero-order valence-electron chi connectivity index (χ0n) is 8.02. The lowest BCUT2D eigenvalue weighted by atomic mass is 10.2. The zero-order chi connectivity index (χ0) is 10.1. The molecular weight excluding hydrogens is 184 g/mol. The van der Waals surface area contributed by atoms with Gasteiger partial charge in [0.15, 0.2) is 0 Å². The molecule has 2 saturated heterocycles. The van der Waals surface area contributed by atoms with Crippen molar-refractivity contribution in [2.45, 2.75) is 31.1 Å². The smallest absolute Gasteiger partial charge is 0.239 e. The molecule has 3 N–H and O–H groups in total. The number of nitrogens with one attached hydrogen (secondary N) is 1. The van der Waals surface area contributed by atoms with Crippen molar-refractivity contribution in [2.24, 2.45) is 0 Å². The van der Waals surface area contributed by atoms with Crippen LogP contribution in [0.25, 0.3) is 0 Å². The largest absolute Gasteiger partial charge is 0.388 e. The number of aliphatic hydroxyl groups is 2. The van der Waals surface area contributed by atoms with Crippen LogP contribution >= 0.6 is 0 Å². The van der Waals surface area contributed by atoms with Gasteiger partial charge in [-0.15, -0.1) is 0 Å². The van der Waals surface area contributed by atoms with E-state index < -0.39 is 12.2 Å². The van der Waals surface area contributed by atoms with E-state index in [0.29, 0.717) is 0 Å². The number of likely N-dealkylation sites (tertiary alicyclic amines) is 1. The van der Waals surface area contributed by atoms with Crippen LogP contribution in [-0.2, 0) is 4.79 Å². The van der Waals surface area contributed by atoms with Crippen LogP contribution in [0.1, 0.15) is 12.8 Å². The first-order valence-corrected chi connectivity index (χ1v) is 5.07. The molecule has 1 unspecified atom stereocenters. The molecule has 80 valence electrons. The van der Waals surface area contributed by atoms with Crippen molar-refractivity contribution in [3.05, 3.63) is 0 Å². The summed E-state index contributed by atoms with van der Waals surface area (Å²) in [6.45, 7) is 1.41. The van der Waals surface area contributed by atoms with Gasteiger partial charge in [0.05, 0.1) is 18.2 Å². The fourth-order valence-electron chi connectivity index (χ4n) is 2.07. The van der Waals surface area contributed by atoms with Crippen LogP contribution in [0.15, 0.2) is 0 Å². The summed E-state index contributed by atoms with van der Waals surface area (Å²) in [4.78, 5) is 13.3. The standard InChI is InChI=1S/C9H16N2O3/c12-7-4-11(5-8(7)13)9(14)6-2-1-3-10-6/h6-8,10,12-13H,1-5H2/t6?,7-,8+. The van der Waals surface area contributed by atoms with Crippen LogP contribution in [0.4, 0.5) is 0 Å². The summed E-state index contributed by atoms with van der Waals surface area (Å²) in [5, 5.41) is 21.7. The van der Waals surface area contributed by atoms with Gasteiger partial charge in [-0.05, 0) is 19.4 Å². The minimum atomic E-state index is -0.777. The third-order valence-electron chi connectivity index (χ3n) is 2.93. The van der Waals surface area contributed by atoms with Crippen LogP contribution in [-0.4, -0.2) is 58.9 Å². The number of nitrogens with zero attached hydrogens (tertiary/aromatic N) is 1. The molecule has 5 heteroatoms. The van der Waals surface area contributed by atoms with Crippen molar-refractivity contribution < 1.29 is 15.0 Å². The van der Waals surface area contributed by atoms with E-state index in [0.717, 1.165) is 19.4 Å². The van der Waals surface area contributed by atoms with Gasteiger partial charge in [0.1, 0.15) is 0 Å². The number of carbonyl (C=O) groups excluding carboxylic acids is 1. The van der Waals surface area contributed by atoms with Crippen molar-refractivity contribution in [1.82, 2.24) is 10.2 Å². The fraction of sp³-hybridized carbons (Fsp3) is 0.889. The first-order chi connectivity index (χ1) is 6.68. The highest BCUT2D eigenvalue weighted by molar-refractivity contribution is 5.82. The third kappa shape index (κ3) is 1.75. The van der Waals surface area contributed by atoms with Gasteiger partial charge >= 0.3 is 0 Å². The van der Waals surface area contributed by atoms with E-state index in [2.05, 4.69) is 5.32 Å². The molecule has 14 heavy (non-hydrogen) atoms. The first-order valence-electron chi connectivity index (χ1n) is 5.07. The molecule has 3 atom stereocenters. The maximum Gasteiger partial charge on any atom is 0.239 e. The Morgan fingerprint density at radius 3 is 2.43 bits per heavy atom. The van der Waals surface area contributed by atoms with Crippen LogP contribution in [0.5, 0.6) is 0 Å². The Bertz CT molecular complexity index is 218. The number of hydrogen-bond acceptors (Lipinski definition) is 4. The summed E-state index contributed by atoms with van der Waals surface area (Å²) in [7, 11) is 0. The Labute approximate surface area is 82.7 Å². The summed E-state index contributed by atoms with van der Waals surface area (Å²) >= 11 is 0. The van der Waals surface area contributed by atoms with Crippen LogP contribution in [0, 0.1) is 0 Å². The van der Waals surface area contributed by atoms with E-state index in [4.69, 9.17) is 0 Å². The maximum atomic E-state index is 11.8. The monoisotopic (exact) mass is 200 g/mol. The SMILES string of the molecule is O=C(C1CCCN1)N1C[C@@H](O)[C@@H](O)C1. The quantitative estimate of drug-likeness (QED) is 0.472. The summed E-state index contributed by atoms with van der Waals surface area (Å²) in [6, 6.07) is -0.104. The van der Waals surface area contributed by atoms with Gasteiger partial charge in [-0.3, -0.25) is 4.79 Å². The normalized spacial score (nSPS) is 37.9. The molecule has 2 aliphatic rings. The molecule has 0 aliphatic carbocycles. The third-order valence-corrected chi connectivity index (χ3v) is 2.93. The first kappa shape index (κ1) is 9.89. The van der Waals surface area contributed by atoms with E-state index in [1.165, 1.54) is 0 Å². The molecule has 2 aliphatic heterocycles. The Morgan fingerprint density at radius 2 is 1.93 bits per heavy atom. The lowest BCUT2D eigenvalue weighted by Gasteiger charge is -2.19. The number of carbonyl (C=O) groups is 1. The Kier molecular flexibility index (Phi) is 2.71. The Morgan fingerprint density at radius 1 is 1.29 bits per heavy atom. The molecule has 0 spiro atoms. The number of β-amino-alcohol motifs (C(OH)–C–C–N with tert-alkyl or cyclic N) is 2. The van der Waals surface area contributed by atoms with Gasteiger partial charge in [-0.1, -0.05) is 0 Å². The average Bonchev–Trinajstić information content (AvgIpc) is 2.76. The highest BCUT2D eigenvalue weighted by Gasteiger charge is 2.36. The van der Waals surface area contributed by atoms with Gasteiger partial charge < -0.3 is 20.4 Å². The van der Waals surface area contributed by atoms with Crippen LogP contribution in [0.3, 0.4) is 0 Å². The Hall–Kier alpha value is -0.650. The fourth-order valence-corrected chi connectivity index (χ4v) is 2.07. The molecular formula is C9H16N2O3. The maximum absolute atomic E-state index is 11.8. The minimum Gasteiger partial charge on any atom is -0.388 e. The number of aliphatic hydroxyl groups excluding tert-OH is 2. The zero-order valence-corrected chi connectivity index (χ0v) is 8.02. The minimum absolute atomic E-state index is 0.0121. The van der Waals surface area contributed by atoms with E-state index in [9.17, 15) is 15.0 Å².